The number of benzene rings is 1. The standard InChI is InChI=1S/C17H18O7/c1-9-6-10(2-4-11(9)18)3-5-14(20)24-15-12(19)7-17(22)8-13(15)23-16(17)21/h2-6,12-13,15,18-19,22H,7-8H2,1H3/b5-3+/t12?,13?,15-,17+/m1/s1. The van der Waals surface area contributed by atoms with Crippen LogP contribution in [0.3, 0.4) is 0 Å². The molecule has 0 spiro atoms. The molecule has 0 aromatic heterocycles. The highest BCUT2D eigenvalue weighted by molar-refractivity contribution is 5.87. The lowest BCUT2D eigenvalue weighted by Crippen LogP contribution is -2.50. The monoisotopic (exact) mass is 334 g/mol. The number of carbonyl (C=O) groups is 2. The number of phenolic OH excluding ortho intramolecular Hbond substituents is 1. The molecule has 3 rings (SSSR count). The Kier molecular flexibility index (Phi) is 4.06. The second-order valence-electron chi connectivity index (χ2n) is 6.23. The summed E-state index contributed by atoms with van der Waals surface area (Å²) in [5.74, 6) is -1.33. The lowest BCUT2D eigenvalue weighted by atomic mass is 9.82. The number of rotatable bonds is 3. The van der Waals surface area contributed by atoms with E-state index in [4.69, 9.17) is 9.47 Å². The summed E-state index contributed by atoms with van der Waals surface area (Å²) in [7, 11) is 0. The topological polar surface area (TPSA) is 113 Å². The van der Waals surface area contributed by atoms with Gasteiger partial charge in [0, 0.05) is 18.9 Å². The molecule has 2 aliphatic rings. The van der Waals surface area contributed by atoms with E-state index >= 15 is 0 Å². The summed E-state index contributed by atoms with van der Waals surface area (Å²) in [6, 6.07) is 4.86. The van der Waals surface area contributed by atoms with Crippen molar-refractivity contribution >= 4 is 18.0 Å². The number of aliphatic hydroxyl groups excluding tert-OH is 1. The van der Waals surface area contributed by atoms with Gasteiger partial charge < -0.3 is 24.8 Å². The zero-order valence-corrected chi connectivity index (χ0v) is 13.0. The third-order valence-corrected chi connectivity index (χ3v) is 4.35. The van der Waals surface area contributed by atoms with Crippen LogP contribution in [0.1, 0.15) is 24.0 Å². The third kappa shape index (κ3) is 3.00. The van der Waals surface area contributed by atoms with Crippen molar-refractivity contribution in [1.82, 2.24) is 0 Å². The summed E-state index contributed by atoms with van der Waals surface area (Å²) >= 11 is 0. The van der Waals surface area contributed by atoms with Crippen LogP contribution in [0.5, 0.6) is 5.75 Å². The van der Waals surface area contributed by atoms with E-state index in [0.717, 1.165) is 0 Å². The molecule has 3 N–H and O–H groups in total. The van der Waals surface area contributed by atoms with Crippen LogP contribution < -0.4 is 0 Å². The molecule has 1 aliphatic carbocycles. The molecule has 1 aromatic rings. The Bertz CT molecular complexity index is 711. The molecule has 2 unspecified atom stereocenters. The Balaban J connectivity index is 1.65. The molecule has 2 bridgehead atoms. The maximum Gasteiger partial charge on any atom is 0.338 e. The van der Waals surface area contributed by atoms with Crippen molar-refractivity contribution in [1.29, 1.82) is 0 Å². The maximum absolute atomic E-state index is 11.9. The van der Waals surface area contributed by atoms with E-state index in [1.165, 1.54) is 18.2 Å². The number of carbonyl (C=O) groups excluding carboxylic acids is 2. The van der Waals surface area contributed by atoms with Gasteiger partial charge in [0.25, 0.3) is 0 Å². The summed E-state index contributed by atoms with van der Waals surface area (Å²) in [6.07, 6.45) is -0.539. The smallest absolute Gasteiger partial charge is 0.338 e. The first-order valence-electron chi connectivity index (χ1n) is 7.58. The molecule has 0 amide bonds. The predicted octanol–water partition coefficient (Wildman–Crippen LogP) is 0.437. The van der Waals surface area contributed by atoms with Crippen molar-refractivity contribution in [3.05, 3.63) is 35.4 Å². The average molecular weight is 334 g/mol. The van der Waals surface area contributed by atoms with Crippen LogP contribution in [0.2, 0.25) is 0 Å². The molecule has 1 aromatic carbocycles. The first-order valence-corrected chi connectivity index (χ1v) is 7.58. The normalized spacial score (nSPS) is 32.0. The molecule has 1 saturated carbocycles. The Labute approximate surface area is 138 Å². The summed E-state index contributed by atoms with van der Waals surface area (Å²) in [5.41, 5.74) is -0.314. The van der Waals surface area contributed by atoms with Crippen molar-refractivity contribution in [2.24, 2.45) is 0 Å². The van der Waals surface area contributed by atoms with Gasteiger partial charge in [-0.05, 0) is 36.3 Å². The van der Waals surface area contributed by atoms with Gasteiger partial charge in [-0.25, -0.2) is 9.59 Å². The molecule has 1 heterocycles. The van der Waals surface area contributed by atoms with E-state index in [9.17, 15) is 24.9 Å². The fourth-order valence-electron chi connectivity index (χ4n) is 3.04. The fraction of sp³-hybridized carbons (Fsp3) is 0.412. The zero-order valence-electron chi connectivity index (χ0n) is 13.0. The number of fused-ring (bicyclic) bond motifs is 2. The van der Waals surface area contributed by atoms with Crippen LogP contribution in [0.15, 0.2) is 24.3 Å². The molecule has 1 saturated heterocycles. The van der Waals surface area contributed by atoms with Crippen molar-refractivity contribution in [2.75, 3.05) is 0 Å². The highest BCUT2D eigenvalue weighted by Gasteiger charge is 2.58. The molecule has 4 atom stereocenters. The van der Waals surface area contributed by atoms with Crippen molar-refractivity contribution in [3.63, 3.8) is 0 Å². The summed E-state index contributed by atoms with van der Waals surface area (Å²) in [4.78, 5) is 23.5. The number of phenols is 1. The van der Waals surface area contributed by atoms with Crippen molar-refractivity contribution in [2.45, 2.75) is 43.7 Å². The molecular formula is C17H18O7. The molecular weight excluding hydrogens is 316 g/mol. The lowest BCUT2D eigenvalue weighted by Gasteiger charge is -2.32. The quantitative estimate of drug-likeness (QED) is 0.543. The molecule has 128 valence electrons. The van der Waals surface area contributed by atoms with Crippen LogP contribution in [-0.4, -0.2) is 51.2 Å². The van der Waals surface area contributed by atoms with Gasteiger partial charge in [-0.3, -0.25) is 0 Å². The first kappa shape index (κ1) is 16.5. The van der Waals surface area contributed by atoms with Crippen molar-refractivity contribution in [3.8, 4) is 5.75 Å². The van der Waals surface area contributed by atoms with Gasteiger partial charge in [0.15, 0.2) is 11.7 Å². The Morgan fingerprint density at radius 1 is 1.42 bits per heavy atom. The lowest BCUT2D eigenvalue weighted by molar-refractivity contribution is -0.165. The van der Waals surface area contributed by atoms with Gasteiger partial charge in [0.2, 0.25) is 0 Å². The van der Waals surface area contributed by atoms with Gasteiger partial charge >= 0.3 is 11.9 Å². The second kappa shape index (κ2) is 5.92. The summed E-state index contributed by atoms with van der Waals surface area (Å²) in [6.45, 7) is 1.74. The van der Waals surface area contributed by atoms with Crippen LogP contribution in [0, 0.1) is 6.92 Å². The number of aryl methyl sites for hydroxylation is 1. The fourth-order valence-corrected chi connectivity index (χ4v) is 3.04. The van der Waals surface area contributed by atoms with Gasteiger partial charge in [-0.2, -0.15) is 0 Å². The molecule has 7 nitrogen and oxygen atoms in total. The van der Waals surface area contributed by atoms with Crippen LogP contribution >= 0.6 is 0 Å². The van der Waals surface area contributed by atoms with Gasteiger partial charge in [0.05, 0.1) is 6.10 Å². The van der Waals surface area contributed by atoms with E-state index in [2.05, 4.69) is 0 Å². The number of esters is 2. The highest BCUT2D eigenvalue weighted by atomic mass is 16.6. The molecule has 1 aliphatic heterocycles. The second-order valence-corrected chi connectivity index (χ2v) is 6.23. The molecule has 2 fully saturated rings. The Hall–Kier alpha value is -2.38. The van der Waals surface area contributed by atoms with Gasteiger partial charge in [0.1, 0.15) is 11.9 Å². The first-order chi connectivity index (χ1) is 11.3. The highest BCUT2D eigenvalue weighted by Crippen LogP contribution is 2.39. The average Bonchev–Trinajstić information content (AvgIpc) is 2.76. The minimum Gasteiger partial charge on any atom is -0.508 e. The third-order valence-electron chi connectivity index (χ3n) is 4.35. The largest absolute Gasteiger partial charge is 0.508 e. The number of hydrogen-bond donors (Lipinski definition) is 3. The van der Waals surface area contributed by atoms with E-state index in [0.29, 0.717) is 11.1 Å². The van der Waals surface area contributed by atoms with E-state index in [-0.39, 0.29) is 18.6 Å². The minimum atomic E-state index is -1.69. The van der Waals surface area contributed by atoms with E-state index in [1.807, 2.05) is 0 Å². The number of aliphatic hydroxyl groups is 2. The van der Waals surface area contributed by atoms with Crippen LogP contribution in [0.25, 0.3) is 6.08 Å². The summed E-state index contributed by atoms with van der Waals surface area (Å²) in [5, 5.41) is 29.5. The van der Waals surface area contributed by atoms with Crippen LogP contribution in [0.4, 0.5) is 0 Å². The van der Waals surface area contributed by atoms with Crippen molar-refractivity contribution < 1.29 is 34.4 Å². The molecule has 24 heavy (non-hydrogen) atoms. The number of ether oxygens (including phenoxy) is 2. The number of hydrogen-bond acceptors (Lipinski definition) is 7. The Morgan fingerprint density at radius 3 is 2.88 bits per heavy atom. The summed E-state index contributed by atoms with van der Waals surface area (Å²) < 4.78 is 10.2. The number of aromatic hydroxyl groups is 1. The van der Waals surface area contributed by atoms with Gasteiger partial charge in [-0.15, -0.1) is 0 Å². The minimum absolute atomic E-state index is 0.00170. The molecule has 0 radical (unpaired) electrons. The van der Waals surface area contributed by atoms with E-state index in [1.54, 1.807) is 19.1 Å². The van der Waals surface area contributed by atoms with Gasteiger partial charge in [-0.1, -0.05) is 6.07 Å². The zero-order chi connectivity index (χ0) is 17.5. The Morgan fingerprint density at radius 2 is 2.17 bits per heavy atom. The van der Waals surface area contributed by atoms with Crippen LogP contribution in [-0.2, 0) is 19.1 Å². The SMILES string of the molecule is Cc1cc(/C=C/C(=O)O[C@@H]2C(O)C[C@]3(O)CC2OC3=O)ccc1O. The maximum atomic E-state index is 11.9. The molecule has 7 heteroatoms. The predicted molar refractivity (Wildman–Crippen MR) is 81.8 cm³/mol. The van der Waals surface area contributed by atoms with E-state index < -0.39 is 35.9 Å².